The molecule has 0 saturated heterocycles. The van der Waals surface area contributed by atoms with Gasteiger partial charge in [0.05, 0.1) is 11.8 Å². The normalized spacial score (nSPS) is 26.9. The number of aromatic nitrogens is 1. The quantitative estimate of drug-likeness (QED) is 0.630. The lowest BCUT2D eigenvalue weighted by atomic mass is 9.63. The summed E-state index contributed by atoms with van der Waals surface area (Å²) in [4.78, 5) is 14.8. The highest BCUT2D eigenvalue weighted by Gasteiger charge is 2.54. The van der Waals surface area contributed by atoms with Crippen molar-refractivity contribution in [1.82, 2.24) is 4.98 Å². The number of methoxy groups -OCH3 is 1. The van der Waals surface area contributed by atoms with Gasteiger partial charge in [0.2, 0.25) is 0 Å². The van der Waals surface area contributed by atoms with Crippen LogP contribution in [-0.4, -0.2) is 29.7 Å². The highest BCUT2D eigenvalue weighted by atomic mass is 16.5. The van der Waals surface area contributed by atoms with Gasteiger partial charge in [0.25, 0.3) is 0 Å². The highest BCUT2D eigenvalue weighted by molar-refractivity contribution is 6.42. The van der Waals surface area contributed by atoms with Crippen molar-refractivity contribution in [2.45, 2.75) is 71.6 Å². The summed E-state index contributed by atoms with van der Waals surface area (Å²) in [6.07, 6.45) is 8.72. The van der Waals surface area contributed by atoms with Crippen LogP contribution < -0.4 is 5.73 Å². The van der Waals surface area contributed by atoms with Gasteiger partial charge in [0.1, 0.15) is 5.84 Å². The molecular formula is C28H34N4O. The maximum absolute atomic E-state index is 6.44. The lowest BCUT2D eigenvalue weighted by molar-refractivity contribution is 0.00118. The van der Waals surface area contributed by atoms with Crippen molar-refractivity contribution in [3.05, 3.63) is 53.3 Å². The number of nitrogens with two attached hydrogens (primary N) is 1. The lowest BCUT2D eigenvalue weighted by Gasteiger charge is -2.47. The molecule has 0 amide bonds. The minimum Gasteiger partial charge on any atom is -0.382 e. The van der Waals surface area contributed by atoms with E-state index < -0.39 is 5.66 Å². The van der Waals surface area contributed by atoms with E-state index in [0.717, 1.165) is 60.1 Å². The number of amidine groups is 1. The van der Waals surface area contributed by atoms with E-state index in [2.05, 4.69) is 61.9 Å². The Bertz CT molecular complexity index is 1160. The molecule has 1 aromatic carbocycles. The van der Waals surface area contributed by atoms with Crippen LogP contribution in [0.2, 0.25) is 0 Å². The molecule has 1 aliphatic carbocycles. The standard InChI is InChI=1S/C28H34N4O/c1-6-8-20-15-22(18-30-17-20)21-10-9-19(3)24(16-21)28(31-25(7-2)26(29)32-28)27(4)13-11-23(33-5)12-14-27/h9-10,15-18,23H,7,11-14H2,1-5H3,(H2,29,32). The summed E-state index contributed by atoms with van der Waals surface area (Å²) in [7, 11) is 1.81. The predicted molar refractivity (Wildman–Crippen MR) is 135 cm³/mol. The minimum atomic E-state index is -0.727. The van der Waals surface area contributed by atoms with Crippen LogP contribution in [0.15, 0.2) is 46.6 Å². The van der Waals surface area contributed by atoms with Crippen molar-refractivity contribution < 1.29 is 4.74 Å². The van der Waals surface area contributed by atoms with Crippen molar-refractivity contribution in [3.63, 3.8) is 0 Å². The Morgan fingerprint density at radius 1 is 1.12 bits per heavy atom. The van der Waals surface area contributed by atoms with Crippen molar-refractivity contribution in [2.24, 2.45) is 21.1 Å². The highest BCUT2D eigenvalue weighted by Crippen LogP contribution is 2.55. The van der Waals surface area contributed by atoms with Crippen LogP contribution in [-0.2, 0) is 10.4 Å². The van der Waals surface area contributed by atoms with Gasteiger partial charge in [-0.25, -0.2) is 4.99 Å². The molecule has 4 rings (SSSR count). The number of benzene rings is 1. The zero-order valence-corrected chi connectivity index (χ0v) is 20.4. The van der Waals surface area contributed by atoms with Gasteiger partial charge in [0, 0.05) is 41.6 Å². The fraction of sp³-hybridized carbons (Fsp3) is 0.464. The maximum atomic E-state index is 6.44. The largest absolute Gasteiger partial charge is 0.382 e. The molecule has 0 bridgehead atoms. The average Bonchev–Trinajstić information content (AvgIpc) is 3.18. The molecule has 2 aliphatic rings. The summed E-state index contributed by atoms with van der Waals surface area (Å²) in [6, 6.07) is 8.63. The Morgan fingerprint density at radius 2 is 1.88 bits per heavy atom. The first-order valence-electron chi connectivity index (χ1n) is 11.8. The third-order valence-corrected chi connectivity index (χ3v) is 7.37. The molecule has 1 fully saturated rings. The number of hydrogen-bond acceptors (Lipinski definition) is 5. The van der Waals surface area contributed by atoms with Gasteiger partial charge < -0.3 is 10.5 Å². The second-order valence-corrected chi connectivity index (χ2v) is 9.44. The van der Waals surface area contributed by atoms with Gasteiger partial charge in [-0.2, -0.15) is 0 Å². The van der Waals surface area contributed by atoms with Gasteiger partial charge in [0.15, 0.2) is 5.66 Å². The van der Waals surface area contributed by atoms with Crippen LogP contribution >= 0.6 is 0 Å². The lowest BCUT2D eigenvalue weighted by Crippen LogP contribution is -2.44. The van der Waals surface area contributed by atoms with E-state index in [1.54, 1.807) is 13.3 Å². The van der Waals surface area contributed by atoms with E-state index in [4.69, 9.17) is 20.5 Å². The molecule has 1 atom stereocenters. The van der Waals surface area contributed by atoms with Crippen molar-refractivity contribution in [2.75, 3.05) is 7.11 Å². The molecule has 2 aromatic rings. The molecular weight excluding hydrogens is 408 g/mol. The van der Waals surface area contributed by atoms with Crippen LogP contribution in [0.4, 0.5) is 0 Å². The average molecular weight is 443 g/mol. The SMILES string of the molecule is CC#Cc1cncc(-c2ccc(C)c(C3(C4(C)CCC(OC)CC4)N=C(N)C(CC)=N3)c2)c1. The molecule has 5 heteroatoms. The predicted octanol–water partition coefficient (Wildman–Crippen LogP) is 5.40. The monoisotopic (exact) mass is 442 g/mol. The summed E-state index contributed by atoms with van der Waals surface area (Å²) >= 11 is 0. The molecule has 172 valence electrons. The molecule has 5 nitrogen and oxygen atoms in total. The number of hydrogen-bond donors (Lipinski definition) is 1. The smallest absolute Gasteiger partial charge is 0.184 e. The number of aryl methyl sites for hydroxylation is 1. The zero-order valence-electron chi connectivity index (χ0n) is 20.4. The van der Waals surface area contributed by atoms with Crippen LogP contribution in [0.5, 0.6) is 0 Å². The van der Waals surface area contributed by atoms with Crippen molar-refractivity contribution in [1.29, 1.82) is 0 Å². The molecule has 1 unspecified atom stereocenters. The first-order valence-corrected chi connectivity index (χ1v) is 11.8. The second-order valence-electron chi connectivity index (χ2n) is 9.44. The van der Waals surface area contributed by atoms with Crippen molar-refractivity contribution in [3.8, 4) is 23.0 Å². The Labute approximate surface area is 197 Å². The Morgan fingerprint density at radius 3 is 2.52 bits per heavy atom. The maximum Gasteiger partial charge on any atom is 0.184 e. The van der Waals surface area contributed by atoms with E-state index >= 15 is 0 Å². The third-order valence-electron chi connectivity index (χ3n) is 7.37. The summed E-state index contributed by atoms with van der Waals surface area (Å²) in [5.74, 6) is 6.63. The number of pyridine rings is 1. The zero-order chi connectivity index (χ0) is 23.6. The second kappa shape index (κ2) is 9.11. The molecule has 33 heavy (non-hydrogen) atoms. The molecule has 2 heterocycles. The molecule has 0 spiro atoms. The third kappa shape index (κ3) is 4.09. The molecule has 0 radical (unpaired) electrons. The minimum absolute atomic E-state index is 0.152. The molecule has 1 aliphatic heterocycles. The van der Waals surface area contributed by atoms with Crippen LogP contribution in [0.25, 0.3) is 11.1 Å². The van der Waals surface area contributed by atoms with Gasteiger partial charge >= 0.3 is 0 Å². The van der Waals surface area contributed by atoms with Crippen molar-refractivity contribution >= 4 is 11.5 Å². The first-order chi connectivity index (χ1) is 15.9. The van der Waals surface area contributed by atoms with Gasteiger partial charge in [-0.05, 0) is 69.2 Å². The molecule has 2 N–H and O–H groups in total. The summed E-state index contributed by atoms with van der Waals surface area (Å²) < 4.78 is 5.67. The van der Waals surface area contributed by atoms with Gasteiger partial charge in [-0.1, -0.05) is 31.9 Å². The van der Waals surface area contributed by atoms with E-state index in [9.17, 15) is 0 Å². The van der Waals surface area contributed by atoms with E-state index in [-0.39, 0.29) is 5.41 Å². The number of aliphatic imine (C=N–C) groups is 2. The molecule has 1 aromatic heterocycles. The summed E-state index contributed by atoms with van der Waals surface area (Å²) in [5, 5.41) is 0. The Kier molecular flexibility index (Phi) is 6.41. The van der Waals surface area contributed by atoms with Gasteiger partial charge in [-0.3, -0.25) is 9.98 Å². The summed E-state index contributed by atoms with van der Waals surface area (Å²) in [5.41, 5.74) is 11.8. The van der Waals surface area contributed by atoms with E-state index in [0.29, 0.717) is 11.9 Å². The molecule has 1 saturated carbocycles. The van der Waals surface area contributed by atoms with Crippen LogP contribution in [0.3, 0.4) is 0 Å². The Hall–Kier alpha value is -2.97. The number of nitrogens with zero attached hydrogens (tertiary/aromatic N) is 3. The van der Waals surface area contributed by atoms with E-state index in [1.165, 1.54) is 5.56 Å². The van der Waals surface area contributed by atoms with E-state index in [1.807, 2.05) is 13.1 Å². The van der Waals surface area contributed by atoms with Crippen LogP contribution in [0.1, 0.15) is 69.6 Å². The van der Waals surface area contributed by atoms with Crippen LogP contribution in [0, 0.1) is 24.2 Å². The van der Waals surface area contributed by atoms with Gasteiger partial charge in [-0.15, -0.1) is 5.92 Å². The topological polar surface area (TPSA) is 72.9 Å². The summed E-state index contributed by atoms with van der Waals surface area (Å²) in [6.45, 7) is 8.40. The fourth-order valence-electron chi connectivity index (χ4n) is 5.29. The Balaban J connectivity index is 1.87. The number of rotatable bonds is 5. The fourth-order valence-corrected chi connectivity index (χ4v) is 5.29. The number of ether oxygens (including phenoxy) is 1. The first kappa shape index (κ1) is 23.2.